The van der Waals surface area contributed by atoms with Gasteiger partial charge in [-0.25, -0.2) is 0 Å². The smallest absolute Gasteiger partial charge is 0.305 e. The number of hydrogen-bond donors (Lipinski definition) is 1. The Morgan fingerprint density at radius 2 is 1.39 bits per heavy atom. The third kappa shape index (κ3) is 8.20. The Kier molecular flexibility index (Phi) is 9.86. The van der Waals surface area contributed by atoms with Gasteiger partial charge in [0.2, 0.25) is 12.7 Å². The molecule has 0 unspecified atom stereocenters. The Balaban J connectivity index is 3.48. The SMILES string of the molecule is CC(=O)OC[C@@H](OC(C)=O)[C@@H]1O[C@H](OC(C)=O)[C@@H](NC=O)[C@H](OC(C)=O)[C@H]1OC(C)=O. The van der Waals surface area contributed by atoms with Gasteiger partial charge in [-0.2, -0.15) is 0 Å². The van der Waals surface area contributed by atoms with Crippen molar-refractivity contribution in [3.05, 3.63) is 0 Å². The molecule has 0 aromatic heterocycles. The number of esters is 5. The molecule has 0 bridgehead atoms. The molecule has 1 saturated heterocycles. The van der Waals surface area contributed by atoms with Crippen LogP contribution in [0.15, 0.2) is 0 Å². The number of nitrogens with one attached hydrogen (secondary N) is 1. The lowest BCUT2D eigenvalue weighted by Crippen LogP contribution is -2.68. The highest BCUT2D eigenvalue weighted by Gasteiger charge is 2.54. The number of carbonyl (C=O) groups excluding carboxylic acids is 6. The molecule has 1 rings (SSSR count). The fourth-order valence-corrected chi connectivity index (χ4v) is 2.95. The maximum Gasteiger partial charge on any atom is 0.305 e. The van der Waals surface area contributed by atoms with Crippen LogP contribution in [0.2, 0.25) is 0 Å². The summed E-state index contributed by atoms with van der Waals surface area (Å²) in [6.07, 6.45) is -6.89. The molecule has 1 aliphatic rings. The highest BCUT2D eigenvalue weighted by atomic mass is 16.7. The summed E-state index contributed by atoms with van der Waals surface area (Å²) in [5, 5.41) is 2.30. The molecule has 0 radical (unpaired) electrons. The van der Waals surface area contributed by atoms with Crippen molar-refractivity contribution in [2.45, 2.75) is 71.4 Å². The minimum absolute atomic E-state index is 0.245. The van der Waals surface area contributed by atoms with E-state index >= 15 is 0 Å². The van der Waals surface area contributed by atoms with Crippen molar-refractivity contribution in [3.63, 3.8) is 0 Å². The van der Waals surface area contributed by atoms with E-state index in [9.17, 15) is 28.8 Å². The highest BCUT2D eigenvalue weighted by Crippen LogP contribution is 2.30. The van der Waals surface area contributed by atoms with Crippen molar-refractivity contribution in [1.82, 2.24) is 5.32 Å². The lowest BCUT2D eigenvalue weighted by molar-refractivity contribution is -0.283. The predicted octanol–water partition coefficient (Wildman–Crippen LogP) is -1.25. The second-order valence-corrected chi connectivity index (χ2v) is 6.49. The Hall–Kier alpha value is -3.22. The first-order chi connectivity index (χ1) is 14.5. The average Bonchev–Trinajstić information content (AvgIpc) is 2.61. The Morgan fingerprint density at radius 1 is 0.839 bits per heavy atom. The summed E-state index contributed by atoms with van der Waals surface area (Å²) in [6.45, 7) is 4.88. The summed E-state index contributed by atoms with van der Waals surface area (Å²) in [6, 6.07) is -1.28. The molecular formula is C18H25NO12. The monoisotopic (exact) mass is 447 g/mol. The molecule has 174 valence electrons. The average molecular weight is 447 g/mol. The van der Waals surface area contributed by atoms with Crippen LogP contribution in [0.5, 0.6) is 0 Å². The summed E-state index contributed by atoms with van der Waals surface area (Å²) in [7, 11) is 0. The van der Waals surface area contributed by atoms with Gasteiger partial charge in [-0.05, 0) is 0 Å². The van der Waals surface area contributed by atoms with E-state index in [1.165, 1.54) is 0 Å². The second-order valence-electron chi connectivity index (χ2n) is 6.49. The van der Waals surface area contributed by atoms with Crippen LogP contribution in [-0.4, -0.2) is 79.6 Å². The summed E-state index contributed by atoms with van der Waals surface area (Å²) >= 11 is 0. The standard InChI is InChI=1S/C18H25NO12/c1-8(21)26-6-13(27-9(2)22)15-17(29-11(4)24)16(28-10(3)23)14(19-7-20)18(31-15)30-12(5)25/h7,13-18H,6H2,1-5H3,(H,19,20)/t13-,14+,15+,16+,17+,18+/m1/s1. The van der Waals surface area contributed by atoms with Crippen LogP contribution in [0.4, 0.5) is 0 Å². The van der Waals surface area contributed by atoms with Crippen LogP contribution in [0.25, 0.3) is 0 Å². The molecule has 0 aromatic carbocycles. The number of rotatable bonds is 9. The highest BCUT2D eigenvalue weighted by molar-refractivity contribution is 5.69. The summed E-state index contributed by atoms with van der Waals surface area (Å²) in [5.74, 6) is -3.93. The first kappa shape index (κ1) is 25.8. The first-order valence-electron chi connectivity index (χ1n) is 9.13. The van der Waals surface area contributed by atoms with Gasteiger partial charge >= 0.3 is 29.8 Å². The Labute approximate surface area is 177 Å². The maximum atomic E-state index is 11.7. The number of carbonyl (C=O) groups is 6. The molecule has 0 spiro atoms. The van der Waals surface area contributed by atoms with E-state index in [1.54, 1.807) is 0 Å². The van der Waals surface area contributed by atoms with Gasteiger partial charge in [-0.15, -0.1) is 0 Å². The lowest BCUT2D eigenvalue weighted by Gasteiger charge is -2.45. The van der Waals surface area contributed by atoms with Crippen LogP contribution in [0, 0.1) is 0 Å². The molecule has 1 aliphatic heterocycles. The number of amides is 1. The van der Waals surface area contributed by atoms with Crippen LogP contribution in [0.3, 0.4) is 0 Å². The molecule has 0 aliphatic carbocycles. The molecular weight excluding hydrogens is 422 g/mol. The minimum Gasteiger partial charge on any atom is -0.462 e. The predicted molar refractivity (Wildman–Crippen MR) is 96.7 cm³/mol. The van der Waals surface area contributed by atoms with E-state index in [4.69, 9.17) is 28.4 Å². The molecule has 0 aromatic rings. The van der Waals surface area contributed by atoms with Gasteiger partial charge in [0.25, 0.3) is 0 Å². The van der Waals surface area contributed by atoms with Gasteiger partial charge in [-0.3, -0.25) is 28.8 Å². The fraction of sp³-hybridized carbons (Fsp3) is 0.667. The number of ether oxygens (including phenoxy) is 6. The van der Waals surface area contributed by atoms with E-state index in [0.29, 0.717) is 0 Å². The van der Waals surface area contributed by atoms with Gasteiger partial charge in [-0.1, -0.05) is 0 Å². The zero-order chi connectivity index (χ0) is 23.7. The molecule has 13 nitrogen and oxygen atoms in total. The van der Waals surface area contributed by atoms with Crippen molar-refractivity contribution in [1.29, 1.82) is 0 Å². The van der Waals surface area contributed by atoms with Crippen molar-refractivity contribution in [2.75, 3.05) is 6.61 Å². The lowest BCUT2D eigenvalue weighted by atomic mass is 9.93. The summed E-state index contributed by atoms with van der Waals surface area (Å²) < 4.78 is 31.3. The minimum atomic E-state index is -1.53. The topological polar surface area (TPSA) is 170 Å². The van der Waals surface area contributed by atoms with E-state index in [2.05, 4.69) is 5.32 Å². The van der Waals surface area contributed by atoms with Crippen LogP contribution in [-0.2, 0) is 57.2 Å². The quantitative estimate of drug-likeness (QED) is 0.253. The third-order valence-electron chi connectivity index (χ3n) is 3.87. The van der Waals surface area contributed by atoms with Crippen LogP contribution >= 0.6 is 0 Å². The zero-order valence-corrected chi connectivity index (χ0v) is 17.6. The van der Waals surface area contributed by atoms with Crippen molar-refractivity contribution in [3.8, 4) is 0 Å². The van der Waals surface area contributed by atoms with E-state index in [0.717, 1.165) is 34.6 Å². The van der Waals surface area contributed by atoms with Crippen LogP contribution in [0.1, 0.15) is 34.6 Å². The van der Waals surface area contributed by atoms with Gasteiger partial charge in [0.15, 0.2) is 18.3 Å². The zero-order valence-electron chi connectivity index (χ0n) is 17.6. The maximum absolute atomic E-state index is 11.7. The summed E-state index contributed by atoms with van der Waals surface area (Å²) in [5.41, 5.74) is 0. The molecule has 6 atom stereocenters. The van der Waals surface area contributed by atoms with Gasteiger partial charge < -0.3 is 33.7 Å². The van der Waals surface area contributed by atoms with E-state index in [1.807, 2.05) is 0 Å². The van der Waals surface area contributed by atoms with Gasteiger partial charge in [0.1, 0.15) is 18.8 Å². The molecule has 0 saturated carbocycles. The van der Waals surface area contributed by atoms with Gasteiger partial charge in [0.05, 0.1) is 0 Å². The Morgan fingerprint density at radius 3 is 1.84 bits per heavy atom. The third-order valence-corrected chi connectivity index (χ3v) is 3.87. The largest absolute Gasteiger partial charge is 0.462 e. The van der Waals surface area contributed by atoms with Crippen molar-refractivity contribution >= 4 is 36.3 Å². The second kappa shape index (κ2) is 11.8. The first-order valence-corrected chi connectivity index (χ1v) is 9.13. The van der Waals surface area contributed by atoms with Crippen molar-refractivity contribution < 1.29 is 57.2 Å². The van der Waals surface area contributed by atoms with E-state index < -0.39 is 73.2 Å². The molecule has 31 heavy (non-hydrogen) atoms. The molecule has 1 N–H and O–H groups in total. The summed E-state index contributed by atoms with van der Waals surface area (Å²) in [4.78, 5) is 69.0. The Bertz CT molecular complexity index is 708. The molecule has 13 heteroatoms. The fourth-order valence-electron chi connectivity index (χ4n) is 2.95. The number of hydrogen-bond acceptors (Lipinski definition) is 12. The van der Waals surface area contributed by atoms with Gasteiger partial charge in [0, 0.05) is 34.6 Å². The normalized spacial score (nSPS) is 25.9. The van der Waals surface area contributed by atoms with Crippen molar-refractivity contribution in [2.24, 2.45) is 0 Å². The molecule has 1 fully saturated rings. The van der Waals surface area contributed by atoms with E-state index in [-0.39, 0.29) is 6.41 Å². The molecule has 1 amide bonds. The molecule has 1 heterocycles. The van der Waals surface area contributed by atoms with Crippen LogP contribution < -0.4 is 5.32 Å².